The Balaban J connectivity index is 5.18. The summed E-state index contributed by atoms with van der Waals surface area (Å²) < 4.78 is 11.3. The van der Waals surface area contributed by atoms with E-state index in [0.29, 0.717) is 32.1 Å². The molecule has 0 radical (unpaired) electrons. The number of hydrogen-bond donors (Lipinski definition) is 6. The van der Waals surface area contributed by atoms with Gasteiger partial charge < -0.3 is 31.1 Å². The van der Waals surface area contributed by atoms with Crippen molar-refractivity contribution in [3.8, 4) is 0 Å². The van der Waals surface area contributed by atoms with Gasteiger partial charge in [-0.3, -0.25) is 18.9 Å². The molecule has 0 bridgehead atoms. The lowest BCUT2D eigenvalue weighted by Gasteiger charge is -2.25. The molecule has 0 aliphatic rings. The van der Waals surface area contributed by atoms with Crippen LogP contribution in [0.3, 0.4) is 0 Å². The average molecular weight is 436 g/mol. The second kappa shape index (κ2) is 13.7. The van der Waals surface area contributed by atoms with Crippen LogP contribution in [0.5, 0.6) is 0 Å². The quantitative estimate of drug-likeness (QED) is 0.218. The molecule has 10 nitrogen and oxygen atoms in total. The zero-order valence-corrected chi connectivity index (χ0v) is 18.9. The first-order valence-electron chi connectivity index (χ1n) is 10.1. The minimum absolute atomic E-state index is 0.283. The van der Waals surface area contributed by atoms with Crippen molar-refractivity contribution in [2.75, 3.05) is 7.05 Å². The second-order valence-corrected chi connectivity index (χ2v) is 9.06. The molecular formula is C18H37N4O6P. The van der Waals surface area contributed by atoms with Crippen molar-refractivity contribution in [1.29, 1.82) is 0 Å². The molecule has 0 heterocycles. The highest BCUT2D eigenvalue weighted by Crippen LogP contribution is 2.39. The van der Waals surface area contributed by atoms with Gasteiger partial charge in [-0.25, -0.2) is 0 Å². The Hall–Kier alpha value is -1.48. The van der Waals surface area contributed by atoms with Crippen LogP contribution < -0.4 is 21.3 Å². The smallest absolute Gasteiger partial charge is 0.343 e. The van der Waals surface area contributed by atoms with E-state index in [2.05, 4.69) is 21.3 Å². The molecule has 170 valence electrons. The highest BCUT2D eigenvalue weighted by atomic mass is 31.2. The number of nitrogens with one attached hydrogen (secondary N) is 4. The summed E-state index contributed by atoms with van der Waals surface area (Å²) in [6.45, 7) is 6.87. The van der Waals surface area contributed by atoms with Gasteiger partial charge in [-0.15, -0.1) is 0 Å². The summed E-state index contributed by atoms with van der Waals surface area (Å²) in [4.78, 5) is 55.9. The molecule has 0 fully saturated rings. The normalized spacial score (nSPS) is 15.7. The van der Waals surface area contributed by atoms with Crippen LogP contribution in [0, 0.1) is 0 Å². The van der Waals surface area contributed by atoms with E-state index in [0.717, 1.165) is 6.42 Å². The Kier molecular flexibility index (Phi) is 13.0. The summed E-state index contributed by atoms with van der Waals surface area (Å²) in [5.74, 6) is -2.81. The SMILES string of the molecule is CCC[C@H](NC)C(=O)N[C@@H](CCC)C(=O)N[C@@H](CCC)C(=O)N[C@H](C)P(=O)(O)O. The third-order valence-electron chi connectivity index (χ3n) is 4.52. The fourth-order valence-electron chi connectivity index (χ4n) is 2.75. The first-order valence-corrected chi connectivity index (χ1v) is 11.8. The van der Waals surface area contributed by atoms with Gasteiger partial charge in [0.25, 0.3) is 0 Å². The van der Waals surface area contributed by atoms with Gasteiger partial charge in [0.15, 0.2) is 0 Å². The van der Waals surface area contributed by atoms with E-state index < -0.39 is 43.3 Å². The van der Waals surface area contributed by atoms with Crippen molar-refractivity contribution in [3.05, 3.63) is 0 Å². The highest BCUT2D eigenvalue weighted by molar-refractivity contribution is 7.52. The predicted molar refractivity (Wildman–Crippen MR) is 111 cm³/mol. The second-order valence-electron chi connectivity index (χ2n) is 7.10. The van der Waals surface area contributed by atoms with Crippen LogP contribution in [-0.2, 0) is 18.9 Å². The van der Waals surface area contributed by atoms with Crippen LogP contribution in [0.15, 0.2) is 0 Å². The Morgan fingerprint density at radius 2 is 1.10 bits per heavy atom. The lowest BCUT2D eigenvalue weighted by Crippen LogP contribution is -2.56. The fourth-order valence-corrected chi connectivity index (χ4v) is 3.04. The first-order chi connectivity index (χ1) is 13.5. The van der Waals surface area contributed by atoms with Gasteiger partial charge in [0.1, 0.15) is 17.9 Å². The summed E-state index contributed by atoms with van der Waals surface area (Å²) in [5.41, 5.74) is 0. The van der Waals surface area contributed by atoms with Gasteiger partial charge in [0, 0.05) is 0 Å². The van der Waals surface area contributed by atoms with Crippen LogP contribution >= 0.6 is 7.60 Å². The Labute approximate surface area is 173 Å². The molecule has 0 unspecified atom stereocenters. The van der Waals surface area contributed by atoms with E-state index in [1.54, 1.807) is 7.05 Å². The lowest BCUT2D eigenvalue weighted by molar-refractivity contribution is -0.133. The molecule has 0 spiro atoms. The number of hydrogen-bond acceptors (Lipinski definition) is 5. The van der Waals surface area contributed by atoms with Crippen molar-refractivity contribution in [1.82, 2.24) is 21.3 Å². The molecule has 0 saturated heterocycles. The highest BCUT2D eigenvalue weighted by Gasteiger charge is 2.31. The molecule has 11 heteroatoms. The topological polar surface area (TPSA) is 157 Å². The average Bonchev–Trinajstić information content (AvgIpc) is 2.64. The van der Waals surface area contributed by atoms with Gasteiger partial charge in [-0.1, -0.05) is 40.0 Å². The molecule has 4 atom stereocenters. The zero-order chi connectivity index (χ0) is 22.6. The van der Waals surface area contributed by atoms with Gasteiger partial charge >= 0.3 is 7.60 Å². The summed E-state index contributed by atoms with van der Waals surface area (Å²) in [7, 11) is -2.80. The van der Waals surface area contributed by atoms with E-state index in [1.165, 1.54) is 6.92 Å². The van der Waals surface area contributed by atoms with Crippen molar-refractivity contribution < 1.29 is 28.7 Å². The van der Waals surface area contributed by atoms with Crippen LogP contribution in [0.1, 0.15) is 66.2 Å². The van der Waals surface area contributed by atoms with Crippen molar-refractivity contribution in [2.45, 2.75) is 90.1 Å². The van der Waals surface area contributed by atoms with Crippen molar-refractivity contribution >= 4 is 25.3 Å². The molecule has 0 aliphatic heterocycles. The summed E-state index contributed by atoms with van der Waals surface area (Å²) in [6.07, 6.45) is 3.36. The van der Waals surface area contributed by atoms with Gasteiger partial charge in [0.05, 0.1) is 6.04 Å². The summed E-state index contributed by atoms with van der Waals surface area (Å²) >= 11 is 0. The van der Waals surface area contributed by atoms with Crippen molar-refractivity contribution in [2.24, 2.45) is 0 Å². The molecule has 0 aliphatic carbocycles. The van der Waals surface area contributed by atoms with Gasteiger partial charge in [-0.05, 0) is 33.2 Å². The number of likely N-dealkylation sites (N-methyl/N-ethyl adjacent to an activating group) is 1. The maximum absolute atomic E-state index is 12.7. The Morgan fingerprint density at radius 3 is 1.45 bits per heavy atom. The molecule has 0 aromatic heterocycles. The molecule has 0 aromatic rings. The molecular weight excluding hydrogens is 399 g/mol. The summed E-state index contributed by atoms with van der Waals surface area (Å²) in [6, 6.07) is -2.16. The summed E-state index contributed by atoms with van der Waals surface area (Å²) in [5, 5.41) is 10.5. The lowest BCUT2D eigenvalue weighted by atomic mass is 10.1. The first kappa shape index (κ1) is 27.5. The number of carbonyl (C=O) groups is 3. The van der Waals surface area contributed by atoms with Crippen molar-refractivity contribution in [3.63, 3.8) is 0 Å². The third kappa shape index (κ3) is 10.2. The van der Waals surface area contributed by atoms with Crippen LogP contribution in [-0.4, -0.2) is 58.5 Å². The van der Waals surface area contributed by atoms with E-state index in [9.17, 15) is 18.9 Å². The van der Waals surface area contributed by atoms with Gasteiger partial charge in [0.2, 0.25) is 17.7 Å². The molecule has 3 amide bonds. The van der Waals surface area contributed by atoms with Crippen LogP contribution in [0.2, 0.25) is 0 Å². The zero-order valence-electron chi connectivity index (χ0n) is 18.0. The molecule has 29 heavy (non-hydrogen) atoms. The monoisotopic (exact) mass is 436 g/mol. The molecule has 0 saturated carbocycles. The fraction of sp³-hybridized carbons (Fsp3) is 0.833. The predicted octanol–water partition coefficient (Wildman–Crippen LogP) is 0.584. The molecule has 0 rings (SSSR count). The minimum Gasteiger partial charge on any atom is -0.343 e. The molecule has 6 N–H and O–H groups in total. The third-order valence-corrected chi connectivity index (χ3v) is 5.66. The van der Waals surface area contributed by atoms with E-state index in [4.69, 9.17) is 9.79 Å². The molecule has 0 aromatic carbocycles. The van der Waals surface area contributed by atoms with E-state index >= 15 is 0 Å². The number of amides is 3. The van der Waals surface area contributed by atoms with Crippen LogP contribution in [0.4, 0.5) is 0 Å². The largest absolute Gasteiger partial charge is 0.347 e. The van der Waals surface area contributed by atoms with Gasteiger partial charge in [-0.2, -0.15) is 0 Å². The number of rotatable bonds is 14. The Bertz CT molecular complexity index is 583. The van der Waals surface area contributed by atoms with E-state index in [-0.39, 0.29) is 5.91 Å². The minimum atomic E-state index is -4.48. The maximum Gasteiger partial charge on any atom is 0.347 e. The standard InChI is InChI=1S/C18H37N4O6P/c1-6-9-13(19-5)16(23)21-15(11-8-3)18(25)22-14(10-7-2)17(24)20-12(4)29(26,27)28/h12-15,19H,6-11H2,1-5H3,(H,20,24)(H,21,23)(H,22,25)(H2,26,27,28)/t12-,13-,14-,15-/m0/s1. The number of carbonyl (C=O) groups excluding carboxylic acids is 3. The maximum atomic E-state index is 12.7. The Morgan fingerprint density at radius 1 is 0.759 bits per heavy atom. The van der Waals surface area contributed by atoms with E-state index in [1.807, 2.05) is 20.8 Å². The van der Waals surface area contributed by atoms with Crippen LogP contribution in [0.25, 0.3) is 0 Å².